The van der Waals surface area contributed by atoms with Crippen molar-refractivity contribution in [3.8, 4) is 11.5 Å². The normalized spacial score (nSPS) is 11.1. The maximum absolute atomic E-state index is 13.5. The maximum Gasteiger partial charge on any atom is 0.264 e. The molecule has 0 atom stereocenters. The molecule has 3 aromatic rings. The first-order valence-electron chi connectivity index (χ1n) is 10.1. The molecular weight excluding hydrogens is 468 g/mol. The highest BCUT2D eigenvalue weighted by Gasteiger charge is 2.28. The van der Waals surface area contributed by atoms with E-state index in [1.54, 1.807) is 36.6 Å². The molecule has 176 valence electrons. The third-order valence-electron chi connectivity index (χ3n) is 4.85. The van der Waals surface area contributed by atoms with Crippen molar-refractivity contribution in [1.82, 2.24) is 5.32 Å². The van der Waals surface area contributed by atoms with Crippen LogP contribution in [-0.2, 0) is 21.2 Å². The van der Waals surface area contributed by atoms with Crippen LogP contribution in [-0.4, -0.2) is 41.6 Å². The van der Waals surface area contributed by atoms with E-state index in [-0.39, 0.29) is 10.6 Å². The highest BCUT2D eigenvalue weighted by molar-refractivity contribution is 7.92. The van der Waals surface area contributed by atoms with Gasteiger partial charge in [0.05, 0.1) is 31.1 Å². The van der Waals surface area contributed by atoms with Crippen LogP contribution in [0, 0.1) is 0 Å². The van der Waals surface area contributed by atoms with Crippen LogP contribution in [0.15, 0.2) is 70.2 Å². The number of sulfonamides is 1. The third kappa shape index (κ3) is 6.21. The van der Waals surface area contributed by atoms with Gasteiger partial charge in [-0.15, -0.1) is 0 Å². The molecule has 8 nitrogen and oxygen atoms in total. The van der Waals surface area contributed by atoms with Crippen molar-refractivity contribution in [2.75, 3.05) is 31.6 Å². The lowest BCUT2D eigenvalue weighted by Gasteiger charge is -2.24. The van der Waals surface area contributed by atoms with Gasteiger partial charge in [-0.3, -0.25) is 9.10 Å². The van der Waals surface area contributed by atoms with E-state index in [0.717, 1.165) is 10.1 Å². The summed E-state index contributed by atoms with van der Waals surface area (Å²) in [6.07, 6.45) is 2.91. The summed E-state index contributed by atoms with van der Waals surface area (Å²) in [5, 5.41) is 3.21. The van der Waals surface area contributed by atoms with Gasteiger partial charge in [-0.25, -0.2) is 8.42 Å². The van der Waals surface area contributed by atoms with Crippen LogP contribution in [0.2, 0.25) is 5.02 Å². The molecule has 0 bridgehead atoms. The van der Waals surface area contributed by atoms with Crippen molar-refractivity contribution < 1.29 is 27.1 Å². The molecule has 0 saturated heterocycles. The van der Waals surface area contributed by atoms with Gasteiger partial charge in [-0.2, -0.15) is 0 Å². The molecular formula is C23H25ClN2O6S. The molecule has 1 heterocycles. The molecule has 0 spiro atoms. The van der Waals surface area contributed by atoms with E-state index >= 15 is 0 Å². The van der Waals surface area contributed by atoms with Crippen molar-refractivity contribution in [2.24, 2.45) is 0 Å². The van der Waals surface area contributed by atoms with Crippen molar-refractivity contribution in [3.63, 3.8) is 0 Å². The van der Waals surface area contributed by atoms with Gasteiger partial charge in [-0.1, -0.05) is 11.6 Å². The van der Waals surface area contributed by atoms with E-state index in [1.807, 2.05) is 6.07 Å². The zero-order chi connectivity index (χ0) is 23.8. The molecule has 33 heavy (non-hydrogen) atoms. The fourth-order valence-corrected chi connectivity index (χ4v) is 4.72. The number of methoxy groups -OCH3 is 2. The number of nitrogens with one attached hydrogen (secondary N) is 1. The molecule has 10 heteroatoms. The van der Waals surface area contributed by atoms with Gasteiger partial charge in [0.1, 0.15) is 12.3 Å². The summed E-state index contributed by atoms with van der Waals surface area (Å²) < 4.78 is 43.8. The van der Waals surface area contributed by atoms with Gasteiger partial charge >= 0.3 is 0 Å². The molecule has 0 aliphatic heterocycles. The second-order valence-corrected chi connectivity index (χ2v) is 9.34. The van der Waals surface area contributed by atoms with Gasteiger partial charge < -0.3 is 19.2 Å². The number of carbonyl (C=O) groups is 1. The lowest BCUT2D eigenvalue weighted by molar-refractivity contribution is -0.119. The Morgan fingerprint density at radius 3 is 2.42 bits per heavy atom. The van der Waals surface area contributed by atoms with E-state index in [1.165, 1.54) is 32.4 Å². The summed E-state index contributed by atoms with van der Waals surface area (Å²) in [4.78, 5) is 12.6. The van der Waals surface area contributed by atoms with Crippen LogP contribution in [0.1, 0.15) is 12.2 Å². The first kappa shape index (κ1) is 24.5. The van der Waals surface area contributed by atoms with Crippen LogP contribution < -0.4 is 19.1 Å². The lowest BCUT2D eigenvalue weighted by Crippen LogP contribution is -2.41. The summed E-state index contributed by atoms with van der Waals surface area (Å²) >= 11 is 5.97. The number of anilines is 1. The summed E-state index contributed by atoms with van der Waals surface area (Å²) in [5.41, 5.74) is 0.305. The number of rotatable bonds is 11. The largest absolute Gasteiger partial charge is 0.493 e. The molecule has 1 aromatic heterocycles. The highest BCUT2D eigenvalue weighted by atomic mass is 35.5. The van der Waals surface area contributed by atoms with E-state index < -0.39 is 22.5 Å². The minimum Gasteiger partial charge on any atom is -0.493 e. The van der Waals surface area contributed by atoms with Crippen LogP contribution in [0.5, 0.6) is 11.5 Å². The van der Waals surface area contributed by atoms with Gasteiger partial charge in [0, 0.05) is 24.1 Å². The molecule has 0 fully saturated rings. The predicted molar refractivity (Wildman–Crippen MR) is 126 cm³/mol. The Balaban J connectivity index is 1.80. The summed E-state index contributed by atoms with van der Waals surface area (Å²) in [6.45, 7) is -0.0243. The third-order valence-corrected chi connectivity index (χ3v) is 6.87. The molecule has 3 rings (SSSR count). The van der Waals surface area contributed by atoms with Gasteiger partial charge in [0.15, 0.2) is 11.5 Å². The van der Waals surface area contributed by atoms with E-state index in [4.69, 9.17) is 25.5 Å². The van der Waals surface area contributed by atoms with Crippen molar-refractivity contribution in [3.05, 3.63) is 71.6 Å². The standard InChI is InChI=1S/C23H25ClN2O6S/c1-30-21-12-11-20(15-22(21)31-2)33(28,29)26(18-9-7-17(24)8-10-18)16-23(27)25-13-3-5-19-6-4-14-32-19/h4,6-12,14-15H,3,5,13,16H2,1-2H3,(H,25,27). The van der Waals surface area contributed by atoms with Crippen molar-refractivity contribution in [1.29, 1.82) is 0 Å². The van der Waals surface area contributed by atoms with E-state index in [2.05, 4.69) is 5.32 Å². The van der Waals surface area contributed by atoms with E-state index in [0.29, 0.717) is 35.8 Å². The molecule has 2 aromatic carbocycles. The second kappa shape index (κ2) is 11.1. The molecule has 0 saturated carbocycles. The van der Waals surface area contributed by atoms with Crippen LogP contribution in [0.25, 0.3) is 0 Å². The minimum atomic E-state index is -4.11. The Kier molecular flexibility index (Phi) is 8.24. The number of hydrogen-bond acceptors (Lipinski definition) is 6. The average molecular weight is 493 g/mol. The Hall–Kier alpha value is -3.17. The Morgan fingerprint density at radius 2 is 1.79 bits per heavy atom. The van der Waals surface area contributed by atoms with Gasteiger partial charge in [0.25, 0.3) is 10.0 Å². The van der Waals surface area contributed by atoms with E-state index in [9.17, 15) is 13.2 Å². The Bertz CT molecular complexity index is 1160. The number of ether oxygens (including phenoxy) is 2. The molecule has 1 amide bonds. The van der Waals surface area contributed by atoms with Crippen LogP contribution >= 0.6 is 11.6 Å². The highest BCUT2D eigenvalue weighted by Crippen LogP contribution is 2.32. The number of hydrogen-bond donors (Lipinski definition) is 1. The lowest BCUT2D eigenvalue weighted by atomic mass is 10.2. The summed E-state index contributed by atoms with van der Waals surface area (Å²) in [5.74, 6) is 1.04. The molecule has 0 aliphatic rings. The number of nitrogens with zero attached hydrogens (tertiary/aromatic N) is 1. The number of benzene rings is 2. The average Bonchev–Trinajstić information content (AvgIpc) is 3.34. The summed E-state index contributed by atoms with van der Waals surface area (Å²) in [7, 11) is -1.23. The fraction of sp³-hybridized carbons (Fsp3) is 0.261. The van der Waals surface area contributed by atoms with Gasteiger partial charge in [-0.05, 0) is 55.0 Å². The molecule has 0 radical (unpaired) electrons. The predicted octanol–water partition coefficient (Wildman–Crippen LogP) is 3.89. The summed E-state index contributed by atoms with van der Waals surface area (Å²) in [6, 6.07) is 14.1. The Labute approximate surface area is 198 Å². The van der Waals surface area contributed by atoms with Crippen LogP contribution in [0.4, 0.5) is 5.69 Å². The van der Waals surface area contributed by atoms with Crippen molar-refractivity contribution in [2.45, 2.75) is 17.7 Å². The minimum absolute atomic E-state index is 0.0410. The number of halogens is 1. The number of furan rings is 1. The molecule has 0 aliphatic carbocycles. The zero-order valence-electron chi connectivity index (χ0n) is 18.3. The fourth-order valence-electron chi connectivity index (χ4n) is 3.16. The smallest absolute Gasteiger partial charge is 0.264 e. The first-order chi connectivity index (χ1) is 15.8. The first-order valence-corrected chi connectivity index (χ1v) is 12.0. The quantitative estimate of drug-likeness (QED) is 0.408. The molecule has 1 N–H and O–H groups in total. The Morgan fingerprint density at radius 1 is 1.06 bits per heavy atom. The maximum atomic E-state index is 13.5. The van der Waals surface area contributed by atoms with Gasteiger partial charge in [0.2, 0.25) is 5.91 Å². The second-order valence-electron chi connectivity index (χ2n) is 7.04. The molecule has 0 unspecified atom stereocenters. The topological polar surface area (TPSA) is 98.1 Å². The SMILES string of the molecule is COc1ccc(S(=O)(=O)N(CC(=O)NCCCc2ccco2)c2ccc(Cl)cc2)cc1OC. The number of amides is 1. The van der Waals surface area contributed by atoms with Crippen LogP contribution in [0.3, 0.4) is 0 Å². The number of carbonyl (C=O) groups excluding carboxylic acids is 1. The number of aryl methyl sites for hydroxylation is 1. The van der Waals surface area contributed by atoms with Crippen molar-refractivity contribution >= 4 is 33.2 Å². The zero-order valence-corrected chi connectivity index (χ0v) is 19.9. The monoisotopic (exact) mass is 492 g/mol.